The predicted octanol–water partition coefficient (Wildman–Crippen LogP) is 4.58. The largest absolute Gasteiger partial charge is 0.478 e. The quantitative estimate of drug-likeness (QED) is 0.607. The van der Waals surface area contributed by atoms with E-state index in [1.54, 1.807) is 0 Å². The van der Waals surface area contributed by atoms with Crippen molar-refractivity contribution in [2.75, 3.05) is 6.61 Å². The molecule has 1 heterocycles. The van der Waals surface area contributed by atoms with E-state index < -0.39 is 0 Å². The lowest BCUT2D eigenvalue weighted by Crippen LogP contribution is -2.25. The summed E-state index contributed by atoms with van der Waals surface area (Å²) in [6.07, 6.45) is 8.43. The number of nitrogens with zero attached hydrogens (tertiary/aromatic N) is 1. The van der Waals surface area contributed by atoms with E-state index in [1.807, 2.05) is 0 Å². The van der Waals surface area contributed by atoms with Crippen LogP contribution in [0.25, 0.3) is 0 Å². The monoisotopic (exact) mass is 239 g/mol. The normalized spacial score (nSPS) is 19.9. The van der Waals surface area contributed by atoms with E-state index >= 15 is 0 Å². The van der Waals surface area contributed by atoms with Crippen LogP contribution in [0.4, 0.5) is 0 Å². The third kappa shape index (κ3) is 4.01. The summed E-state index contributed by atoms with van der Waals surface area (Å²) in [6.45, 7) is 9.78. The minimum atomic E-state index is 0.0956. The maximum absolute atomic E-state index is 5.81. The van der Waals surface area contributed by atoms with Crippen LogP contribution in [0.15, 0.2) is 4.99 Å². The van der Waals surface area contributed by atoms with Gasteiger partial charge in [0.25, 0.3) is 0 Å². The number of rotatable bonds is 8. The number of unbranched alkanes of at least 4 members (excludes halogenated alkanes) is 1. The first-order valence-electron chi connectivity index (χ1n) is 7.41. The van der Waals surface area contributed by atoms with Crippen LogP contribution in [0.1, 0.15) is 72.6 Å². The van der Waals surface area contributed by atoms with Crippen LogP contribution in [0.3, 0.4) is 0 Å². The number of hydrogen-bond donors (Lipinski definition) is 0. The van der Waals surface area contributed by atoms with Crippen molar-refractivity contribution in [2.24, 2.45) is 10.9 Å². The van der Waals surface area contributed by atoms with Crippen molar-refractivity contribution in [3.05, 3.63) is 0 Å². The molecule has 0 saturated heterocycles. The minimum Gasteiger partial charge on any atom is -0.478 e. The fourth-order valence-corrected chi connectivity index (χ4v) is 2.45. The Hall–Kier alpha value is -0.530. The molecule has 2 nitrogen and oxygen atoms in total. The Morgan fingerprint density at radius 3 is 2.41 bits per heavy atom. The van der Waals surface area contributed by atoms with E-state index in [0.717, 1.165) is 37.7 Å². The second-order valence-corrected chi connectivity index (χ2v) is 5.35. The smallest absolute Gasteiger partial charge is 0.184 e. The van der Waals surface area contributed by atoms with Gasteiger partial charge in [-0.25, -0.2) is 4.99 Å². The average Bonchev–Trinajstić information content (AvgIpc) is 2.78. The van der Waals surface area contributed by atoms with E-state index in [0.29, 0.717) is 0 Å². The lowest BCUT2D eigenvalue weighted by atomic mass is 9.94. The van der Waals surface area contributed by atoms with Crippen molar-refractivity contribution < 1.29 is 4.74 Å². The summed E-state index contributed by atoms with van der Waals surface area (Å²) in [5, 5.41) is 0. The molecule has 1 rings (SSSR count). The van der Waals surface area contributed by atoms with Gasteiger partial charge in [-0.2, -0.15) is 0 Å². The second kappa shape index (κ2) is 7.03. The highest BCUT2D eigenvalue weighted by Crippen LogP contribution is 2.29. The summed E-state index contributed by atoms with van der Waals surface area (Å²) >= 11 is 0. The summed E-state index contributed by atoms with van der Waals surface area (Å²) in [5.41, 5.74) is 0.0956. The summed E-state index contributed by atoms with van der Waals surface area (Å²) in [5.74, 6) is 1.79. The average molecular weight is 239 g/mol. The zero-order valence-electron chi connectivity index (χ0n) is 12.1. The Morgan fingerprint density at radius 2 is 1.94 bits per heavy atom. The summed E-state index contributed by atoms with van der Waals surface area (Å²) in [6, 6.07) is 0. The molecule has 0 saturated carbocycles. The van der Waals surface area contributed by atoms with E-state index in [2.05, 4.69) is 27.7 Å². The third-order valence-corrected chi connectivity index (χ3v) is 4.19. The van der Waals surface area contributed by atoms with Gasteiger partial charge in [0.1, 0.15) is 6.61 Å². The van der Waals surface area contributed by atoms with Gasteiger partial charge in [-0.15, -0.1) is 0 Å². The topological polar surface area (TPSA) is 21.6 Å². The van der Waals surface area contributed by atoms with Crippen molar-refractivity contribution >= 4 is 5.90 Å². The first kappa shape index (κ1) is 14.5. The SMILES string of the molecule is CCCCC(CC)CC1=NC(CC)(CC)CO1. The Kier molecular flexibility index (Phi) is 6.01. The van der Waals surface area contributed by atoms with Crippen LogP contribution < -0.4 is 0 Å². The van der Waals surface area contributed by atoms with Crippen LogP contribution in [0.5, 0.6) is 0 Å². The summed E-state index contributed by atoms with van der Waals surface area (Å²) in [7, 11) is 0. The molecule has 1 aliphatic rings. The lowest BCUT2D eigenvalue weighted by Gasteiger charge is -2.19. The summed E-state index contributed by atoms with van der Waals surface area (Å²) in [4.78, 5) is 4.85. The second-order valence-electron chi connectivity index (χ2n) is 5.35. The zero-order valence-corrected chi connectivity index (χ0v) is 12.1. The number of ether oxygens (including phenoxy) is 1. The standard InChI is InChI=1S/C15H29NO/c1-5-9-10-13(6-2)11-14-16-15(7-3,8-4)12-17-14/h13H,5-12H2,1-4H3. The van der Waals surface area contributed by atoms with Gasteiger partial charge >= 0.3 is 0 Å². The summed E-state index contributed by atoms with van der Waals surface area (Å²) < 4.78 is 5.81. The van der Waals surface area contributed by atoms with E-state index in [1.165, 1.54) is 25.7 Å². The van der Waals surface area contributed by atoms with Crippen LogP contribution >= 0.6 is 0 Å². The van der Waals surface area contributed by atoms with Gasteiger partial charge in [-0.1, -0.05) is 47.0 Å². The molecule has 0 aliphatic carbocycles. The van der Waals surface area contributed by atoms with Crippen LogP contribution in [0, 0.1) is 5.92 Å². The fourth-order valence-electron chi connectivity index (χ4n) is 2.45. The van der Waals surface area contributed by atoms with E-state index in [4.69, 9.17) is 9.73 Å². The molecular formula is C15H29NO. The number of hydrogen-bond acceptors (Lipinski definition) is 2. The number of aliphatic imine (C=N–C) groups is 1. The van der Waals surface area contributed by atoms with Crippen molar-refractivity contribution in [1.29, 1.82) is 0 Å². The molecule has 1 aliphatic heterocycles. The van der Waals surface area contributed by atoms with Crippen LogP contribution in [-0.2, 0) is 4.74 Å². The first-order chi connectivity index (χ1) is 8.19. The Morgan fingerprint density at radius 1 is 1.24 bits per heavy atom. The lowest BCUT2D eigenvalue weighted by molar-refractivity contribution is 0.237. The van der Waals surface area contributed by atoms with Gasteiger partial charge in [0.2, 0.25) is 0 Å². The van der Waals surface area contributed by atoms with Gasteiger partial charge in [-0.3, -0.25) is 0 Å². The molecule has 0 spiro atoms. The predicted molar refractivity (Wildman–Crippen MR) is 74.6 cm³/mol. The molecule has 100 valence electrons. The van der Waals surface area contributed by atoms with Gasteiger partial charge in [0.15, 0.2) is 5.90 Å². The molecule has 0 radical (unpaired) electrons. The highest BCUT2D eigenvalue weighted by Gasteiger charge is 2.33. The minimum absolute atomic E-state index is 0.0956. The molecule has 0 amide bonds. The van der Waals surface area contributed by atoms with Crippen molar-refractivity contribution in [3.63, 3.8) is 0 Å². The third-order valence-electron chi connectivity index (χ3n) is 4.19. The van der Waals surface area contributed by atoms with E-state index in [-0.39, 0.29) is 5.54 Å². The first-order valence-corrected chi connectivity index (χ1v) is 7.41. The van der Waals surface area contributed by atoms with Gasteiger partial charge in [0.05, 0.1) is 5.54 Å². The fraction of sp³-hybridized carbons (Fsp3) is 0.933. The Balaban J connectivity index is 2.51. The van der Waals surface area contributed by atoms with Crippen LogP contribution in [0.2, 0.25) is 0 Å². The molecule has 0 N–H and O–H groups in total. The van der Waals surface area contributed by atoms with Gasteiger partial charge in [-0.05, 0) is 25.2 Å². The highest BCUT2D eigenvalue weighted by molar-refractivity contribution is 5.78. The molecule has 0 fully saturated rings. The molecular weight excluding hydrogens is 210 g/mol. The van der Waals surface area contributed by atoms with Gasteiger partial charge < -0.3 is 4.74 Å². The Bertz CT molecular complexity index is 243. The molecule has 0 bridgehead atoms. The Labute approximate surface area is 107 Å². The maximum Gasteiger partial charge on any atom is 0.184 e. The van der Waals surface area contributed by atoms with Crippen molar-refractivity contribution in [1.82, 2.24) is 0 Å². The van der Waals surface area contributed by atoms with Crippen molar-refractivity contribution in [2.45, 2.75) is 78.2 Å². The molecule has 2 heteroatoms. The molecule has 0 aromatic heterocycles. The highest BCUT2D eigenvalue weighted by atomic mass is 16.5. The molecule has 0 aromatic rings. The molecule has 1 atom stereocenters. The van der Waals surface area contributed by atoms with E-state index in [9.17, 15) is 0 Å². The van der Waals surface area contributed by atoms with Gasteiger partial charge in [0, 0.05) is 6.42 Å². The molecule has 17 heavy (non-hydrogen) atoms. The molecule has 1 unspecified atom stereocenters. The maximum atomic E-state index is 5.81. The zero-order chi connectivity index (χ0) is 12.7. The molecule has 0 aromatic carbocycles. The van der Waals surface area contributed by atoms with Crippen molar-refractivity contribution in [3.8, 4) is 0 Å². The van der Waals surface area contributed by atoms with Crippen LogP contribution in [-0.4, -0.2) is 18.0 Å².